The van der Waals surface area contributed by atoms with Crippen LogP contribution >= 0.6 is 0 Å². The van der Waals surface area contributed by atoms with Gasteiger partial charge >= 0.3 is 0 Å². The van der Waals surface area contributed by atoms with Crippen molar-refractivity contribution in [3.8, 4) is 11.3 Å². The van der Waals surface area contributed by atoms with Gasteiger partial charge in [-0.15, -0.1) is 0 Å². The lowest BCUT2D eigenvalue weighted by atomic mass is 9.96. The number of nitrogens with zero attached hydrogens (tertiary/aromatic N) is 3. The first-order chi connectivity index (χ1) is 16.3. The Balaban J connectivity index is 1.29. The fourth-order valence-electron chi connectivity index (χ4n) is 4.40. The summed E-state index contributed by atoms with van der Waals surface area (Å²) in [6.45, 7) is 1.86. The summed E-state index contributed by atoms with van der Waals surface area (Å²) in [7, 11) is 1.74. The number of amides is 1. The van der Waals surface area contributed by atoms with Crippen LogP contribution in [0.1, 0.15) is 24.8 Å². The second-order valence-electron chi connectivity index (χ2n) is 8.70. The van der Waals surface area contributed by atoms with E-state index < -0.39 is 18.1 Å². The molecule has 0 bridgehead atoms. The Bertz CT molecular complexity index is 1130. The zero-order valence-electron chi connectivity index (χ0n) is 19.1. The van der Waals surface area contributed by atoms with Crippen molar-refractivity contribution >= 4 is 17.3 Å². The Morgan fingerprint density at radius 1 is 1.21 bits per heavy atom. The van der Waals surface area contributed by atoms with Gasteiger partial charge in [-0.1, -0.05) is 30.3 Å². The third kappa shape index (κ3) is 5.05. The SMILES string of the molecule is Cn1c(-c2ccccc2)cnc1[C@H](O)[C@@H](O)C(=O)NCC1CCN(c2ccc(F)cc2N)CC1. The predicted molar refractivity (Wildman–Crippen MR) is 128 cm³/mol. The van der Waals surface area contributed by atoms with Crippen LogP contribution in [-0.2, 0) is 11.8 Å². The van der Waals surface area contributed by atoms with E-state index in [1.807, 2.05) is 30.3 Å². The highest BCUT2D eigenvalue weighted by Crippen LogP contribution is 2.29. The van der Waals surface area contributed by atoms with Crippen LogP contribution in [0.4, 0.5) is 15.8 Å². The zero-order valence-corrected chi connectivity index (χ0v) is 19.1. The number of aliphatic hydroxyl groups excluding tert-OH is 2. The van der Waals surface area contributed by atoms with Gasteiger partial charge in [-0.25, -0.2) is 9.37 Å². The number of nitrogens with one attached hydrogen (secondary N) is 1. The molecule has 1 saturated heterocycles. The maximum absolute atomic E-state index is 13.3. The number of nitrogens with two attached hydrogens (primary N) is 1. The van der Waals surface area contributed by atoms with Crippen LogP contribution in [0.5, 0.6) is 0 Å². The first kappa shape index (κ1) is 23.7. The molecule has 9 heteroatoms. The Hall–Kier alpha value is -3.43. The first-order valence-corrected chi connectivity index (χ1v) is 11.4. The van der Waals surface area contributed by atoms with Gasteiger partial charge in [0.15, 0.2) is 6.10 Å². The molecule has 2 heterocycles. The molecule has 0 aliphatic carbocycles. The molecule has 4 rings (SSSR count). The molecule has 1 fully saturated rings. The summed E-state index contributed by atoms with van der Waals surface area (Å²) in [5.74, 6) is -0.556. The lowest BCUT2D eigenvalue weighted by Gasteiger charge is -2.34. The third-order valence-corrected chi connectivity index (χ3v) is 6.44. The van der Waals surface area contributed by atoms with Crippen LogP contribution in [0.25, 0.3) is 11.3 Å². The summed E-state index contributed by atoms with van der Waals surface area (Å²) in [6, 6.07) is 14.0. The molecule has 1 aromatic heterocycles. The van der Waals surface area contributed by atoms with Crippen LogP contribution in [0, 0.1) is 11.7 Å². The van der Waals surface area contributed by atoms with Crippen molar-refractivity contribution in [2.75, 3.05) is 30.3 Å². The molecule has 2 aromatic carbocycles. The maximum Gasteiger partial charge on any atom is 0.252 e. The molecule has 1 amide bonds. The summed E-state index contributed by atoms with van der Waals surface area (Å²) in [5.41, 5.74) is 8.86. The van der Waals surface area contributed by atoms with Gasteiger partial charge in [0, 0.05) is 26.7 Å². The monoisotopic (exact) mass is 467 g/mol. The summed E-state index contributed by atoms with van der Waals surface area (Å²) < 4.78 is 15.0. The highest BCUT2D eigenvalue weighted by Gasteiger charge is 2.30. The average molecular weight is 468 g/mol. The van der Waals surface area contributed by atoms with Gasteiger partial charge in [0.1, 0.15) is 17.7 Å². The molecular weight excluding hydrogens is 437 g/mol. The number of halogens is 1. The summed E-state index contributed by atoms with van der Waals surface area (Å²) in [6.07, 6.45) is 0.153. The lowest BCUT2D eigenvalue weighted by Crippen LogP contribution is -2.43. The van der Waals surface area contributed by atoms with Crippen LogP contribution < -0.4 is 16.0 Å². The van der Waals surface area contributed by atoms with Gasteiger partial charge < -0.3 is 30.7 Å². The van der Waals surface area contributed by atoms with Crippen LogP contribution in [0.15, 0.2) is 54.7 Å². The number of carbonyl (C=O) groups excluding carboxylic acids is 1. The first-order valence-electron chi connectivity index (χ1n) is 11.4. The summed E-state index contributed by atoms with van der Waals surface area (Å²) >= 11 is 0. The second kappa shape index (κ2) is 10.2. The van der Waals surface area contributed by atoms with E-state index in [9.17, 15) is 19.4 Å². The Kier molecular flexibility index (Phi) is 7.14. The van der Waals surface area contributed by atoms with E-state index in [0.717, 1.165) is 42.9 Å². The molecule has 8 nitrogen and oxygen atoms in total. The molecule has 34 heavy (non-hydrogen) atoms. The van der Waals surface area contributed by atoms with E-state index in [-0.39, 0.29) is 17.6 Å². The van der Waals surface area contributed by atoms with Crippen molar-refractivity contribution in [3.05, 3.63) is 66.4 Å². The zero-order chi connectivity index (χ0) is 24.2. The molecule has 5 N–H and O–H groups in total. The van der Waals surface area contributed by atoms with E-state index in [0.29, 0.717) is 12.2 Å². The van der Waals surface area contributed by atoms with Gasteiger partial charge in [-0.05, 0) is 42.5 Å². The number of piperidine rings is 1. The van der Waals surface area contributed by atoms with Crippen LogP contribution in [-0.4, -0.2) is 51.4 Å². The van der Waals surface area contributed by atoms with Gasteiger partial charge in [0.25, 0.3) is 5.91 Å². The average Bonchev–Trinajstić information content (AvgIpc) is 3.23. The minimum atomic E-state index is -1.64. The molecule has 3 aromatic rings. The van der Waals surface area contributed by atoms with E-state index in [2.05, 4.69) is 15.2 Å². The van der Waals surface area contributed by atoms with Gasteiger partial charge in [0.2, 0.25) is 0 Å². The molecule has 0 radical (unpaired) electrons. The smallest absolute Gasteiger partial charge is 0.252 e. The normalized spacial score (nSPS) is 16.3. The fourth-order valence-corrected chi connectivity index (χ4v) is 4.40. The molecule has 1 aliphatic rings. The standard InChI is InChI=1S/C25H30FN5O3/c1-30-21(17-5-3-2-4-6-17)15-28-24(30)22(32)23(33)25(34)29-14-16-9-11-31(12-10-16)20-8-7-18(26)13-19(20)27/h2-8,13,15-16,22-23,32-33H,9-12,14,27H2,1H3,(H,29,34)/t22-,23-/m1/s1. The molecule has 2 atom stereocenters. The van der Waals surface area contributed by atoms with E-state index in [4.69, 9.17) is 5.73 Å². The quantitative estimate of drug-likeness (QED) is 0.396. The number of aromatic nitrogens is 2. The molecule has 0 saturated carbocycles. The second-order valence-corrected chi connectivity index (χ2v) is 8.70. The number of benzene rings is 2. The third-order valence-electron chi connectivity index (χ3n) is 6.44. The van der Waals surface area contributed by atoms with Gasteiger partial charge in [-0.2, -0.15) is 0 Å². The largest absolute Gasteiger partial charge is 0.397 e. The number of aliphatic hydroxyl groups is 2. The van der Waals surface area contributed by atoms with Gasteiger partial charge in [0.05, 0.1) is 23.3 Å². The predicted octanol–water partition coefficient (Wildman–Crippen LogP) is 2.24. The number of rotatable bonds is 7. The Labute approximate surface area is 197 Å². The topological polar surface area (TPSA) is 117 Å². The number of hydrogen-bond donors (Lipinski definition) is 4. The van der Waals surface area contributed by atoms with E-state index in [1.165, 1.54) is 12.1 Å². The van der Waals surface area contributed by atoms with Crippen LogP contribution in [0.2, 0.25) is 0 Å². The van der Waals surface area contributed by atoms with Crippen molar-refractivity contribution in [3.63, 3.8) is 0 Å². The van der Waals surface area contributed by atoms with Crippen LogP contribution in [0.3, 0.4) is 0 Å². The van der Waals surface area contributed by atoms with Crippen molar-refractivity contribution in [2.24, 2.45) is 13.0 Å². The van der Waals surface area contributed by atoms with Crippen molar-refractivity contribution in [1.82, 2.24) is 14.9 Å². The number of carbonyl (C=O) groups is 1. The van der Waals surface area contributed by atoms with Crippen molar-refractivity contribution in [2.45, 2.75) is 25.0 Å². The van der Waals surface area contributed by atoms with E-state index in [1.54, 1.807) is 23.9 Å². The highest BCUT2D eigenvalue weighted by atomic mass is 19.1. The Morgan fingerprint density at radius 2 is 1.91 bits per heavy atom. The molecular formula is C25H30FN5O3. The lowest BCUT2D eigenvalue weighted by molar-refractivity contribution is -0.136. The minimum absolute atomic E-state index is 0.215. The minimum Gasteiger partial charge on any atom is -0.397 e. The molecule has 180 valence electrons. The Morgan fingerprint density at radius 3 is 2.59 bits per heavy atom. The number of hydrogen-bond acceptors (Lipinski definition) is 6. The van der Waals surface area contributed by atoms with Crippen molar-refractivity contribution in [1.29, 1.82) is 0 Å². The molecule has 0 unspecified atom stereocenters. The number of nitrogen functional groups attached to an aromatic ring is 1. The highest BCUT2D eigenvalue weighted by molar-refractivity contribution is 5.81. The van der Waals surface area contributed by atoms with E-state index >= 15 is 0 Å². The number of imidazole rings is 1. The maximum atomic E-state index is 13.3. The van der Waals surface area contributed by atoms with Gasteiger partial charge in [-0.3, -0.25) is 4.79 Å². The summed E-state index contributed by atoms with van der Waals surface area (Å²) in [5, 5.41) is 23.8. The van der Waals surface area contributed by atoms with Crippen molar-refractivity contribution < 1.29 is 19.4 Å². The molecule has 0 spiro atoms. The fraction of sp³-hybridized carbons (Fsp3) is 0.360. The summed E-state index contributed by atoms with van der Waals surface area (Å²) in [4.78, 5) is 18.9. The number of anilines is 2. The molecule has 1 aliphatic heterocycles.